The molecule has 0 atom stereocenters. The molecule has 1 aromatic rings. The van der Waals surface area contributed by atoms with Gasteiger partial charge in [-0.05, 0) is 13.8 Å². The van der Waals surface area contributed by atoms with Crippen molar-refractivity contribution in [3.05, 3.63) is 11.7 Å². The molecule has 1 saturated heterocycles. The zero-order valence-corrected chi connectivity index (χ0v) is 10.6. The van der Waals surface area contributed by atoms with Crippen molar-refractivity contribution in [3.8, 4) is 0 Å². The Balaban J connectivity index is 1.81. The standard InChI is InChI=1S/C11H21N5O/c1-9(2)16-5-3-15(4-6-16)8-10-13-11(7-12)17-14-10/h9H,3-8,12H2,1-2H3. The van der Waals surface area contributed by atoms with Gasteiger partial charge in [0.15, 0.2) is 5.82 Å². The molecule has 1 aromatic heterocycles. The Morgan fingerprint density at radius 2 is 2.00 bits per heavy atom. The van der Waals surface area contributed by atoms with E-state index in [2.05, 4.69) is 33.8 Å². The summed E-state index contributed by atoms with van der Waals surface area (Å²) in [6.07, 6.45) is 0. The highest BCUT2D eigenvalue weighted by Crippen LogP contribution is 2.08. The van der Waals surface area contributed by atoms with Gasteiger partial charge < -0.3 is 10.3 Å². The van der Waals surface area contributed by atoms with E-state index in [1.807, 2.05) is 0 Å². The van der Waals surface area contributed by atoms with Crippen LogP contribution in [0.1, 0.15) is 25.6 Å². The summed E-state index contributed by atoms with van der Waals surface area (Å²) in [7, 11) is 0. The molecule has 1 aliphatic heterocycles. The lowest BCUT2D eigenvalue weighted by molar-refractivity contribution is 0.102. The smallest absolute Gasteiger partial charge is 0.240 e. The normalized spacial score (nSPS) is 19.1. The van der Waals surface area contributed by atoms with E-state index in [0.29, 0.717) is 18.5 Å². The number of aromatic nitrogens is 2. The summed E-state index contributed by atoms with van der Waals surface area (Å²) < 4.78 is 4.99. The van der Waals surface area contributed by atoms with Crippen molar-refractivity contribution >= 4 is 0 Å². The van der Waals surface area contributed by atoms with E-state index >= 15 is 0 Å². The second kappa shape index (κ2) is 5.57. The topological polar surface area (TPSA) is 71.4 Å². The van der Waals surface area contributed by atoms with Crippen molar-refractivity contribution in [3.63, 3.8) is 0 Å². The Hall–Kier alpha value is -0.980. The Labute approximate surface area is 102 Å². The molecule has 2 rings (SSSR count). The van der Waals surface area contributed by atoms with Gasteiger partial charge in [-0.2, -0.15) is 4.98 Å². The first-order chi connectivity index (χ1) is 8.19. The van der Waals surface area contributed by atoms with Gasteiger partial charge in [-0.1, -0.05) is 5.16 Å². The van der Waals surface area contributed by atoms with Crippen LogP contribution in [0.4, 0.5) is 0 Å². The predicted octanol–water partition coefficient (Wildman–Crippen LogP) is 0.0543. The molecule has 0 aromatic carbocycles. The molecular formula is C11H21N5O. The van der Waals surface area contributed by atoms with Crippen molar-refractivity contribution < 1.29 is 4.52 Å². The van der Waals surface area contributed by atoms with Gasteiger partial charge in [0.2, 0.25) is 5.89 Å². The minimum absolute atomic E-state index is 0.314. The highest BCUT2D eigenvalue weighted by Gasteiger charge is 2.20. The summed E-state index contributed by atoms with van der Waals surface area (Å²) >= 11 is 0. The summed E-state index contributed by atoms with van der Waals surface area (Å²) in [5.74, 6) is 1.25. The predicted molar refractivity (Wildman–Crippen MR) is 64.2 cm³/mol. The van der Waals surface area contributed by atoms with Crippen LogP contribution >= 0.6 is 0 Å². The molecule has 0 bridgehead atoms. The van der Waals surface area contributed by atoms with Crippen molar-refractivity contribution in [2.45, 2.75) is 33.0 Å². The molecule has 1 aliphatic rings. The molecule has 6 nitrogen and oxygen atoms in total. The van der Waals surface area contributed by atoms with Crippen molar-refractivity contribution in [1.82, 2.24) is 19.9 Å². The van der Waals surface area contributed by atoms with Crippen LogP contribution in [0.15, 0.2) is 4.52 Å². The molecule has 1 fully saturated rings. The molecule has 0 unspecified atom stereocenters. The lowest BCUT2D eigenvalue weighted by atomic mass is 10.2. The summed E-state index contributed by atoms with van der Waals surface area (Å²) in [6.45, 7) is 9.89. The first-order valence-electron chi connectivity index (χ1n) is 6.17. The van der Waals surface area contributed by atoms with Crippen LogP contribution in [0.25, 0.3) is 0 Å². The lowest BCUT2D eigenvalue weighted by Crippen LogP contribution is -2.48. The maximum absolute atomic E-state index is 5.43. The van der Waals surface area contributed by atoms with E-state index in [9.17, 15) is 0 Å². The fourth-order valence-corrected chi connectivity index (χ4v) is 2.08. The van der Waals surface area contributed by atoms with Crippen LogP contribution in [0.2, 0.25) is 0 Å². The van der Waals surface area contributed by atoms with Crippen LogP contribution in [-0.4, -0.2) is 52.2 Å². The number of piperazine rings is 1. The number of rotatable bonds is 4. The largest absolute Gasteiger partial charge is 0.338 e. The molecule has 2 N–H and O–H groups in total. The van der Waals surface area contributed by atoms with Gasteiger partial charge in [-0.3, -0.25) is 9.80 Å². The molecule has 0 spiro atoms. The summed E-state index contributed by atoms with van der Waals surface area (Å²) in [6, 6.07) is 0.631. The SMILES string of the molecule is CC(C)N1CCN(Cc2noc(CN)n2)CC1. The third-order valence-corrected chi connectivity index (χ3v) is 3.19. The van der Waals surface area contributed by atoms with Crippen LogP contribution in [0.5, 0.6) is 0 Å². The van der Waals surface area contributed by atoms with E-state index in [-0.39, 0.29) is 0 Å². The highest BCUT2D eigenvalue weighted by atomic mass is 16.5. The lowest BCUT2D eigenvalue weighted by Gasteiger charge is -2.36. The molecule has 96 valence electrons. The second-order valence-corrected chi connectivity index (χ2v) is 4.71. The van der Waals surface area contributed by atoms with Crippen LogP contribution in [0, 0.1) is 0 Å². The third-order valence-electron chi connectivity index (χ3n) is 3.19. The minimum atomic E-state index is 0.314. The second-order valence-electron chi connectivity index (χ2n) is 4.71. The van der Waals surface area contributed by atoms with Gasteiger partial charge in [0.05, 0.1) is 13.1 Å². The number of nitrogens with two attached hydrogens (primary N) is 1. The first-order valence-corrected chi connectivity index (χ1v) is 6.17. The monoisotopic (exact) mass is 239 g/mol. The average molecular weight is 239 g/mol. The van der Waals surface area contributed by atoms with E-state index in [1.54, 1.807) is 0 Å². The number of hydrogen-bond acceptors (Lipinski definition) is 6. The molecule has 0 amide bonds. The van der Waals surface area contributed by atoms with Gasteiger partial charge in [-0.25, -0.2) is 0 Å². The number of nitrogens with zero attached hydrogens (tertiary/aromatic N) is 4. The minimum Gasteiger partial charge on any atom is -0.338 e. The molecule has 6 heteroatoms. The van der Waals surface area contributed by atoms with Gasteiger partial charge in [-0.15, -0.1) is 0 Å². The fraction of sp³-hybridized carbons (Fsp3) is 0.818. The van der Waals surface area contributed by atoms with Crippen LogP contribution in [-0.2, 0) is 13.1 Å². The van der Waals surface area contributed by atoms with Gasteiger partial charge in [0.25, 0.3) is 0 Å². The molecule has 0 radical (unpaired) electrons. The maximum Gasteiger partial charge on any atom is 0.240 e. The average Bonchev–Trinajstić information content (AvgIpc) is 2.77. The molecule has 17 heavy (non-hydrogen) atoms. The molecular weight excluding hydrogens is 218 g/mol. The summed E-state index contributed by atoms with van der Waals surface area (Å²) in [5, 5.41) is 3.91. The molecule has 0 saturated carbocycles. The van der Waals surface area contributed by atoms with Gasteiger partial charge in [0.1, 0.15) is 0 Å². The Bertz CT molecular complexity index is 343. The maximum atomic E-state index is 5.43. The zero-order valence-electron chi connectivity index (χ0n) is 10.6. The van der Waals surface area contributed by atoms with E-state index in [1.165, 1.54) is 0 Å². The highest BCUT2D eigenvalue weighted by molar-refractivity contribution is 4.87. The van der Waals surface area contributed by atoms with Crippen LogP contribution in [0.3, 0.4) is 0 Å². The quantitative estimate of drug-likeness (QED) is 0.801. The number of hydrogen-bond donors (Lipinski definition) is 1. The van der Waals surface area contributed by atoms with Crippen molar-refractivity contribution in [2.24, 2.45) is 5.73 Å². The van der Waals surface area contributed by atoms with Crippen molar-refractivity contribution in [2.75, 3.05) is 26.2 Å². The van der Waals surface area contributed by atoms with E-state index in [0.717, 1.165) is 38.5 Å². The molecule has 0 aliphatic carbocycles. The summed E-state index contributed by atoms with van der Waals surface area (Å²) in [5.41, 5.74) is 5.43. The van der Waals surface area contributed by atoms with E-state index < -0.39 is 0 Å². The van der Waals surface area contributed by atoms with E-state index in [4.69, 9.17) is 10.3 Å². The Morgan fingerprint density at radius 1 is 1.29 bits per heavy atom. The third kappa shape index (κ3) is 3.24. The fourth-order valence-electron chi connectivity index (χ4n) is 2.08. The Morgan fingerprint density at radius 3 is 2.53 bits per heavy atom. The first kappa shape index (κ1) is 12.5. The summed E-state index contributed by atoms with van der Waals surface area (Å²) in [4.78, 5) is 9.05. The zero-order chi connectivity index (χ0) is 12.3. The van der Waals surface area contributed by atoms with Gasteiger partial charge >= 0.3 is 0 Å². The van der Waals surface area contributed by atoms with Crippen molar-refractivity contribution in [1.29, 1.82) is 0 Å². The van der Waals surface area contributed by atoms with Gasteiger partial charge in [0, 0.05) is 32.2 Å². The Kier molecular flexibility index (Phi) is 4.09. The van der Waals surface area contributed by atoms with Crippen LogP contribution < -0.4 is 5.73 Å². The molecule has 2 heterocycles.